The third kappa shape index (κ3) is 6.98. The molecule has 19 nitrogen and oxygen atoms in total. The molecule has 2 atom stereocenters. The number of aliphatic imine (C=N–C) groups is 1. The summed E-state index contributed by atoms with van der Waals surface area (Å²) in [5.74, 6) is -4.12. The third-order valence-electron chi connectivity index (χ3n) is 6.45. The summed E-state index contributed by atoms with van der Waals surface area (Å²) in [6.07, 6.45) is 1.94. The molecule has 0 aromatic carbocycles. The maximum Gasteiger partial charge on any atom is 0.362 e. The zero-order valence-corrected chi connectivity index (χ0v) is 23.6. The number of aromatic nitrogens is 4. The molecule has 1 saturated heterocycles. The number of amides is 1. The minimum absolute atomic E-state index is 0.00286. The molecule has 21 heteroatoms. The van der Waals surface area contributed by atoms with Crippen molar-refractivity contribution >= 4 is 56.1 Å². The van der Waals surface area contributed by atoms with Crippen molar-refractivity contribution in [1.29, 1.82) is 0 Å². The maximum atomic E-state index is 13.3. The van der Waals surface area contributed by atoms with Gasteiger partial charge in [0, 0.05) is 31.2 Å². The highest BCUT2D eigenvalue weighted by Crippen LogP contribution is 2.40. The number of anilines is 1. The average Bonchev–Trinajstić information content (AvgIpc) is 3.38. The zero-order valence-electron chi connectivity index (χ0n) is 22.0. The molecule has 2 aromatic heterocycles. The number of guanidine groups is 1. The first-order chi connectivity index (χ1) is 19.8. The summed E-state index contributed by atoms with van der Waals surface area (Å²) in [6, 6.07) is -1.21. The van der Waals surface area contributed by atoms with Gasteiger partial charge in [-0.05, 0) is 13.0 Å². The number of thiazole rings is 1. The van der Waals surface area contributed by atoms with E-state index in [1.165, 1.54) is 16.3 Å². The molecule has 0 unspecified atom stereocenters. The Morgan fingerprint density at radius 3 is 2.67 bits per heavy atom. The SMILES string of the molecule is NCCCNC(N)=NCc1cn(C[C@@H]2[C@H](CC(=O)/C(=N\OC3(C(=O)O)CC3)c3csc(N)n3)C(=O)N2S(=O)(=O)O)nn1. The third-order valence-corrected chi connectivity index (χ3v) is 8.07. The van der Waals surface area contributed by atoms with Crippen molar-refractivity contribution in [3.63, 3.8) is 0 Å². The van der Waals surface area contributed by atoms with Gasteiger partial charge < -0.3 is 32.5 Å². The normalized spacial score (nSPS) is 20.2. The first-order valence-corrected chi connectivity index (χ1v) is 14.8. The number of hydrogen-bond acceptors (Lipinski definition) is 14. The van der Waals surface area contributed by atoms with Crippen molar-refractivity contribution in [2.45, 2.75) is 50.4 Å². The minimum Gasteiger partial charge on any atom is -0.478 e. The molecule has 9 N–H and O–H groups in total. The Labute approximate surface area is 242 Å². The van der Waals surface area contributed by atoms with Gasteiger partial charge >= 0.3 is 16.3 Å². The van der Waals surface area contributed by atoms with Gasteiger partial charge in [0.1, 0.15) is 11.4 Å². The summed E-state index contributed by atoms with van der Waals surface area (Å²) in [5, 5.41) is 25.4. The maximum absolute atomic E-state index is 13.3. The Balaban J connectivity index is 1.50. The Morgan fingerprint density at radius 1 is 1.33 bits per heavy atom. The molecule has 2 aliphatic rings. The molecule has 1 aliphatic carbocycles. The fourth-order valence-corrected chi connectivity index (χ4v) is 5.51. The minimum atomic E-state index is -4.97. The number of carbonyl (C=O) groups excluding carboxylic acids is 2. The summed E-state index contributed by atoms with van der Waals surface area (Å²) in [5.41, 5.74) is 15.3. The molecule has 2 fully saturated rings. The smallest absolute Gasteiger partial charge is 0.362 e. The Hall–Kier alpha value is -4.21. The van der Waals surface area contributed by atoms with Gasteiger partial charge in [0.05, 0.1) is 31.2 Å². The van der Waals surface area contributed by atoms with E-state index < -0.39 is 51.9 Å². The van der Waals surface area contributed by atoms with E-state index in [0.29, 0.717) is 25.2 Å². The monoisotopic (exact) mass is 627 g/mol. The lowest BCUT2D eigenvalue weighted by Gasteiger charge is -2.43. The second-order valence-corrected chi connectivity index (χ2v) is 11.7. The fraction of sp³-hybridized carbons (Fsp3) is 0.524. The van der Waals surface area contributed by atoms with E-state index in [4.69, 9.17) is 22.0 Å². The number of nitrogen functional groups attached to an aromatic ring is 1. The highest BCUT2D eigenvalue weighted by Gasteiger charge is 2.56. The van der Waals surface area contributed by atoms with Crippen LogP contribution in [0.4, 0.5) is 5.13 Å². The highest BCUT2D eigenvalue weighted by molar-refractivity contribution is 7.84. The zero-order chi connectivity index (χ0) is 30.7. The second-order valence-electron chi connectivity index (χ2n) is 9.52. The fourth-order valence-electron chi connectivity index (χ4n) is 4.04. The van der Waals surface area contributed by atoms with Crippen molar-refractivity contribution < 1.29 is 37.3 Å². The number of nitrogens with two attached hydrogens (primary N) is 3. The molecule has 42 heavy (non-hydrogen) atoms. The topological polar surface area (TPSA) is 297 Å². The van der Waals surface area contributed by atoms with Crippen molar-refractivity contribution in [3.05, 3.63) is 23.0 Å². The number of rotatable bonds is 15. The number of Topliss-reactive ketones (excluding diaryl/α,β-unsaturated/α-hetero) is 1. The molecular formula is C21H29N11O8S2. The van der Waals surface area contributed by atoms with Gasteiger partial charge in [-0.25, -0.2) is 19.1 Å². The first-order valence-electron chi connectivity index (χ1n) is 12.5. The lowest BCUT2D eigenvalue weighted by molar-refractivity contribution is -0.153. The van der Waals surface area contributed by atoms with Gasteiger partial charge in [-0.2, -0.15) is 8.42 Å². The molecule has 1 saturated carbocycles. The number of aliphatic carboxylic acids is 1. The number of carboxylic acid groups (broad SMARTS) is 1. The van der Waals surface area contributed by atoms with Crippen LogP contribution in [0, 0.1) is 5.92 Å². The molecule has 0 radical (unpaired) electrons. The van der Waals surface area contributed by atoms with Gasteiger partial charge in [-0.15, -0.1) is 16.4 Å². The Kier molecular flexibility index (Phi) is 9.03. The van der Waals surface area contributed by atoms with Crippen LogP contribution in [0.15, 0.2) is 21.7 Å². The van der Waals surface area contributed by atoms with Crippen molar-refractivity contribution in [3.8, 4) is 0 Å². The van der Waals surface area contributed by atoms with E-state index >= 15 is 0 Å². The molecular weight excluding hydrogens is 598 g/mol. The first kappa shape index (κ1) is 30.7. The van der Waals surface area contributed by atoms with Crippen LogP contribution in [0.5, 0.6) is 0 Å². The van der Waals surface area contributed by atoms with E-state index in [2.05, 4.69) is 30.8 Å². The quantitative estimate of drug-likeness (QED) is 0.0302. The standard InChI is InChI=1S/C21H29N11O8S2/c22-4-1-5-25-19(23)26-7-11-8-31(30-28-11)9-14-12(17(34)32(14)42(37,38)39)6-15(33)16(13-10-41-20(24)27-13)29-40-21(2-3-21)18(35)36/h8,10,12,14H,1-7,9,22H2,(H2,24,27)(H,35,36)(H3,23,25,26)(H,37,38,39)/b29-16-/t12-,14+/m0/s1. The summed E-state index contributed by atoms with van der Waals surface area (Å²) < 4.78 is 35.0. The number of ketones is 1. The van der Waals surface area contributed by atoms with Crippen LogP contribution in [-0.2, 0) is 42.6 Å². The van der Waals surface area contributed by atoms with E-state index in [-0.39, 0.29) is 52.7 Å². The van der Waals surface area contributed by atoms with E-state index in [0.717, 1.165) is 11.3 Å². The van der Waals surface area contributed by atoms with Gasteiger partial charge in [0.2, 0.25) is 11.5 Å². The Morgan fingerprint density at radius 2 is 2.07 bits per heavy atom. The van der Waals surface area contributed by atoms with Crippen LogP contribution in [-0.4, -0.2) is 96.4 Å². The lowest BCUT2D eigenvalue weighted by atomic mass is 9.84. The number of nitrogens with zero attached hydrogens (tertiary/aromatic N) is 7. The van der Waals surface area contributed by atoms with Crippen molar-refractivity contribution in [2.75, 3.05) is 18.8 Å². The van der Waals surface area contributed by atoms with Crippen LogP contribution in [0.2, 0.25) is 0 Å². The van der Waals surface area contributed by atoms with Gasteiger partial charge in [-0.3, -0.25) is 18.8 Å². The molecule has 4 rings (SSSR count). The van der Waals surface area contributed by atoms with Crippen molar-refractivity contribution in [1.82, 2.24) is 29.6 Å². The summed E-state index contributed by atoms with van der Waals surface area (Å²) in [7, 11) is -4.97. The Bertz CT molecular complexity index is 1520. The lowest BCUT2D eigenvalue weighted by Crippen LogP contribution is -2.64. The number of carbonyl (C=O) groups is 3. The van der Waals surface area contributed by atoms with Crippen LogP contribution >= 0.6 is 11.3 Å². The predicted molar refractivity (Wildman–Crippen MR) is 146 cm³/mol. The van der Waals surface area contributed by atoms with E-state index in [9.17, 15) is 32.5 Å². The number of β-lactam (4-membered cyclic amide) rings is 1. The average molecular weight is 628 g/mol. The van der Waals surface area contributed by atoms with Gasteiger partial charge in [-0.1, -0.05) is 10.4 Å². The largest absolute Gasteiger partial charge is 0.478 e. The number of carboxylic acids is 1. The van der Waals surface area contributed by atoms with Crippen LogP contribution in [0.3, 0.4) is 0 Å². The number of hydrogen-bond donors (Lipinski definition) is 6. The van der Waals surface area contributed by atoms with E-state index in [1.54, 1.807) is 0 Å². The number of nitrogens with one attached hydrogen (secondary N) is 1. The summed E-state index contributed by atoms with van der Waals surface area (Å²) in [6.45, 7) is 0.815. The molecule has 3 heterocycles. The predicted octanol–water partition coefficient (Wildman–Crippen LogP) is -2.30. The van der Waals surface area contributed by atoms with Crippen LogP contribution in [0.25, 0.3) is 0 Å². The molecule has 1 amide bonds. The summed E-state index contributed by atoms with van der Waals surface area (Å²) >= 11 is 0.993. The van der Waals surface area contributed by atoms with Crippen molar-refractivity contribution in [2.24, 2.45) is 27.5 Å². The molecule has 1 aliphatic heterocycles. The van der Waals surface area contributed by atoms with Gasteiger partial charge in [0.25, 0.3) is 0 Å². The molecule has 0 spiro atoms. The molecule has 2 aromatic rings. The second kappa shape index (κ2) is 12.3. The van der Waals surface area contributed by atoms with Gasteiger partial charge in [0.15, 0.2) is 22.6 Å². The van der Waals surface area contributed by atoms with Crippen LogP contribution in [0.1, 0.15) is 37.1 Å². The molecule has 228 valence electrons. The molecule has 0 bridgehead atoms. The highest BCUT2D eigenvalue weighted by atomic mass is 32.2. The van der Waals surface area contributed by atoms with Crippen LogP contribution < -0.4 is 22.5 Å². The number of oxime groups is 1. The summed E-state index contributed by atoms with van der Waals surface area (Å²) in [4.78, 5) is 50.9. The van der Waals surface area contributed by atoms with E-state index in [1.807, 2.05) is 0 Å².